The molecule has 61 heavy (non-hydrogen) atoms. The van der Waals surface area contributed by atoms with Crippen LogP contribution < -0.4 is 4.90 Å². The van der Waals surface area contributed by atoms with E-state index >= 15 is 0 Å². The van der Waals surface area contributed by atoms with Crippen LogP contribution in [0.4, 0.5) is 17.1 Å². The predicted molar refractivity (Wildman–Crippen MR) is 251 cm³/mol. The fourth-order valence-electron chi connectivity index (χ4n) is 17.3. The molecule has 0 saturated heterocycles. The Labute approximate surface area is 360 Å². The van der Waals surface area contributed by atoms with E-state index in [1.54, 1.807) is 22.3 Å². The molecule has 0 unspecified atom stereocenters. The van der Waals surface area contributed by atoms with Gasteiger partial charge in [-0.1, -0.05) is 115 Å². The number of anilines is 3. The Balaban J connectivity index is 0.972. The van der Waals surface area contributed by atoms with E-state index in [-0.39, 0.29) is 10.8 Å². The molecule has 8 saturated carbocycles. The lowest BCUT2D eigenvalue weighted by molar-refractivity contribution is -0.0399. The number of hydrogen-bond acceptors (Lipinski definition) is 1. The lowest BCUT2D eigenvalue weighted by atomic mass is 9.43. The van der Waals surface area contributed by atoms with Gasteiger partial charge in [0, 0.05) is 27.8 Å². The molecule has 0 aliphatic heterocycles. The molecule has 8 fully saturated rings. The van der Waals surface area contributed by atoms with Crippen molar-refractivity contribution in [2.75, 3.05) is 4.90 Å². The Kier molecular flexibility index (Phi) is 6.82. The van der Waals surface area contributed by atoms with Crippen LogP contribution in [0.15, 0.2) is 152 Å². The molecule has 0 N–H and O–H groups in total. The highest BCUT2D eigenvalue weighted by Gasteiger charge is 2.63. The lowest BCUT2D eigenvalue weighted by Crippen LogP contribution is -2.55. The maximum atomic E-state index is 2.72. The average molecular weight is 788 g/mol. The van der Waals surface area contributed by atoms with E-state index in [2.05, 4.69) is 157 Å². The van der Waals surface area contributed by atoms with Gasteiger partial charge in [0.25, 0.3) is 0 Å². The smallest absolute Gasteiger partial charge is 0.0543 e. The first kappa shape index (κ1) is 34.2. The van der Waals surface area contributed by atoms with E-state index < -0.39 is 0 Å². The standard InChI is InChI=1S/C60H53N/c1-2-10-41-33-43(20-19-40(41)9-1)42-11-7-12-48(34-42)61(49-21-22-51-50-13-3-5-15-53(50)60(56(51)35-49)46-29-38-24-39(31-46)32-47(60)30-38)57-18-8-17-55-58(57)52-14-4-6-16-54(52)59(55)44-25-36-23-37(27-44)28-45(59)26-36/h1-22,33-39,44-47H,23-32H2. The van der Waals surface area contributed by atoms with Crippen molar-refractivity contribution < 1.29 is 0 Å². The molecular weight excluding hydrogens is 735 g/mol. The zero-order valence-corrected chi connectivity index (χ0v) is 35.1. The molecule has 17 rings (SSSR count). The molecule has 0 heterocycles. The van der Waals surface area contributed by atoms with Crippen LogP contribution in [0.1, 0.15) is 86.5 Å². The molecule has 10 aliphatic carbocycles. The summed E-state index contributed by atoms with van der Waals surface area (Å²) in [4.78, 5) is 2.71. The Hall–Kier alpha value is -5.40. The highest BCUT2D eigenvalue weighted by Crippen LogP contribution is 2.72. The van der Waals surface area contributed by atoms with Crippen LogP contribution in [0, 0.1) is 47.3 Å². The Morgan fingerprint density at radius 3 is 1.57 bits per heavy atom. The summed E-state index contributed by atoms with van der Waals surface area (Å²) in [6.45, 7) is 0. The first-order chi connectivity index (χ1) is 30.1. The molecule has 1 heteroatoms. The molecule has 1 nitrogen and oxygen atoms in total. The molecule has 0 amide bonds. The van der Waals surface area contributed by atoms with Crippen LogP contribution in [-0.2, 0) is 10.8 Å². The normalized spacial score (nSPS) is 32.4. The van der Waals surface area contributed by atoms with Crippen LogP contribution in [-0.4, -0.2) is 0 Å². The molecular formula is C60H53N. The first-order valence-corrected chi connectivity index (χ1v) is 24.0. The minimum Gasteiger partial charge on any atom is -0.310 e. The van der Waals surface area contributed by atoms with Gasteiger partial charge >= 0.3 is 0 Å². The largest absolute Gasteiger partial charge is 0.310 e. The van der Waals surface area contributed by atoms with Gasteiger partial charge in [0.05, 0.1) is 5.69 Å². The maximum absolute atomic E-state index is 2.72. The molecule has 0 atom stereocenters. The van der Waals surface area contributed by atoms with Crippen molar-refractivity contribution in [1.29, 1.82) is 0 Å². The third kappa shape index (κ3) is 4.39. The summed E-state index contributed by atoms with van der Waals surface area (Å²) in [6, 6.07) is 59.9. The maximum Gasteiger partial charge on any atom is 0.0543 e. The summed E-state index contributed by atoms with van der Waals surface area (Å²) in [5.74, 6) is 6.64. The molecule has 7 aromatic rings. The van der Waals surface area contributed by atoms with Gasteiger partial charge in [0.1, 0.15) is 0 Å². The van der Waals surface area contributed by atoms with Gasteiger partial charge in [-0.25, -0.2) is 0 Å². The van der Waals surface area contributed by atoms with E-state index in [0.717, 1.165) is 47.3 Å². The van der Waals surface area contributed by atoms with Gasteiger partial charge in [-0.05, 0) is 209 Å². The SMILES string of the molecule is c1cc(-c2ccc3ccccc3c2)cc(N(c2ccc3c(c2)C2(c4ccccc4-3)C3CC4CC(C3)CC2C4)c2cccc3c2-c2ccccc2C32C3CC4CC(C3)CC2C4)c1. The highest BCUT2D eigenvalue weighted by molar-refractivity contribution is 5.97. The summed E-state index contributed by atoms with van der Waals surface area (Å²) in [7, 11) is 0. The Morgan fingerprint density at radius 1 is 0.344 bits per heavy atom. The van der Waals surface area contributed by atoms with Crippen molar-refractivity contribution in [1.82, 2.24) is 0 Å². The summed E-state index contributed by atoms with van der Waals surface area (Å²) >= 11 is 0. The second-order valence-electron chi connectivity index (χ2n) is 21.3. The van der Waals surface area contributed by atoms with Crippen molar-refractivity contribution >= 4 is 27.8 Å². The number of hydrogen-bond donors (Lipinski definition) is 0. The molecule has 2 spiro atoms. The summed E-state index contributed by atoms with van der Waals surface area (Å²) in [5, 5.41) is 2.58. The van der Waals surface area contributed by atoms with Crippen molar-refractivity contribution in [3.8, 4) is 33.4 Å². The summed E-state index contributed by atoms with van der Waals surface area (Å²) < 4.78 is 0. The van der Waals surface area contributed by atoms with Crippen LogP contribution in [0.25, 0.3) is 44.2 Å². The van der Waals surface area contributed by atoms with Gasteiger partial charge in [-0.3, -0.25) is 0 Å². The zero-order valence-electron chi connectivity index (χ0n) is 35.1. The Morgan fingerprint density at radius 2 is 0.869 bits per heavy atom. The summed E-state index contributed by atoms with van der Waals surface area (Å²) in [5.41, 5.74) is 19.2. The number of fused-ring (bicyclic) bond motifs is 7. The third-order valence-corrected chi connectivity index (χ3v) is 18.8. The monoisotopic (exact) mass is 787 g/mol. The van der Waals surface area contributed by atoms with Crippen molar-refractivity contribution in [3.63, 3.8) is 0 Å². The molecule has 0 radical (unpaired) electrons. The molecule has 0 aromatic heterocycles. The van der Waals surface area contributed by atoms with Crippen LogP contribution >= 0.6 is 0 Å². The van der Waals surface area contributed by atoms with Gasteiger partial charge in [-0.15, -0.1) is 0 Å². The number of benzene rings is 7. The zero-order chi connectivity index (χ0) is 39.6. The quantitative estimate of drug-likeness (QED) is 0.172. The minimum absolute atomic E-state index is 0.115. The van der Waals surface area contributed by atoms with Crippen LogP contribution in [0.3, 0.4) is 0 Å². The number of rotatable bonds is 4. The average Bonchev–Trinajstić information content (AvgIpc) is 3.75. The topological polar surface area (TPSA) is 3.24 Å². The van der Waals surface area contributed by atoms with Gasteiger partial charge in [-0.2, -0.15) is 0 Å². The first-order valence-electron chi connectivity index (χ1n) is 24.0. The summed E-state index contributed by atoms with van der Waals surface area (Å²) in [6.07, 6.45) is 14.2. The minimum atomic E-state index is 0.115. The third-order valence-electron chi connectivity index (χ3n) is 18.8. The van der Waals surface area contributed by atoms with Crippen molar-refractivity contribution in [3.05, 3.63) is 174 Å². The van der Waals surface area contributed by atoms with Crippen LogP contribution in [0.5, 0.6) is 0 Å². The molecule has 7 aromatic carbocycles. The van der Waals surface area contributed by atoms with Crippen LogP contribution in [0.2, 0.25) is 0 Å². The van der Waals surface area contributed by atoms with E-state index in [1.165, 1.54) is 125 Å². The van der Waals surface area contributed by atoms with Gasteiger partial charge in [0.2, 0.25) is 0 Å². The van der Waals surface area contributed by atoms with Crippen molar-refractivity contribution in [2.45, 2.75) is 75.0 Å². The molecule has 10 aliphatic rings. The van der Waals surface area contributed by atoms with E-state index in [0.29, 0.717) is 0 Å². The van der Waals surface area contributed by atoms with Gasteiger partial charge < -0.3 is 4.90 Å². The predicted octanol–water partition coefficient (Wildman–Crippen LogP) is 15.4. The lowest BCUT2D eigenvalue weighted by Gasteiger charge is -2.61. The van der Waals surface area contributed by atoms with E-state index in [1.807, 2.05) is 0 Å². The van der Waals surface area contributed by atoms with Gasteiger partial charge in [0.15, 0.2) is 0 Å². The van der Waals surface area contributed by atoms with E-state index in [9.17, 15) is 0 Å². The molecule has 298 valence electrons. The second kappa shape index (κ2) is 12.2. The fourth-order valence-corrected chi connectivity index (χ4v) is 17.3. The van der Waals surface area contributed by atoms with E-state index in [4.69, 9.17) is 0 Å². The highest BCUT2D eigenvalue weighted by atomic mass is 15.1. The second-order valence-corrected chi connectivity index (χ2v) is 21.3. The number of nitrogens with zero attached hydrogens (tertiary/aromatic N) is 1. The fraction of sp³-hybridized carbons (Fsp3) is 0.333. The Bertz CT molecular complexity index is 2930. The molecule has 8 bridgehead atoms. The van der Waals surface area contributed by atoms with Crippen molar-refractivity contribution in [2.24, 2.45) is 47.3 Å².